The predicted octanol–water partition coefficient (Wildman–Crippen LogP) is 4.96. The Hall–Kier alpha value is -2.62. The van der Waals surface area contributed by atoms with E-state index in [0.29, 0.717) is 0 Å². The van der Waals surface area contributed by atoms with Crippen LogP contribution in [0.2, 0.25) is 0 Å². The first-order valence-corrected chi connectivity index (χ1v) is 9.41. The second kappa shape index (κ2) is 8.38. The fourth-order valence-electron chi connectivity index (χ4n) is 2.92. The molecule has 0 saturated carbocycles. The van der Waals surface area contributed by atoms with Crippen LogP contribution in [0.3, 0.4) is 0 Å². The van der Waals surface area contributed by atoms with Gasteiger partial charge in [-0.05, 0) is 50.3 Å². The summed E-state index contributed by atoms with van der Waals surface area (Å²) in [5, 5.41) is 5.95. The maximum atomic E-state index is 12.9. The van der Waals surface area contributed by atoms with Crippen molar-refractivity contribution < 1.29 is 9.59 Å². The van der Waals surface area contributed by atoms with Crippen molar-refractivity contribution in [3.63, 3.8) is 0 Å². The maximum Gasteiger partial charge on any atom is 0.239 e. The lowest BCUT2D eigenvalue weighted by Gasteiger charge is -2.26. The third-order valence-corrected chi connectivity index (χ3v) is 4.95. The van der Waals surface area contributed by atoms with Crippen LogP contribution in [-0.2, 0) is 9.59 Å². The summed E-state index contributed by atoms with van der Waals surface area (Å²) < 4.78 is 0. The first-order chi connectivity index (χ1) is 12.6. The van der Waals surface area contributed by atoms with Crippen molar-refractivity contribution in [3.8, 4) is 0 Å². The van der Waals surface area contributed by atoms with Crippen molar-refractivity contribution in [1.29, 1.82) is 0 Å². The largest absolute Gasteiger partial charge is 0.349 e. The lowest BCUT2D eigenvalue weighted by molar-refractivity contribution is -0.138. The molecule has 2 N–H and O–H groups in total. The van der Waals surface area contributed by atoms with E-state index < -0.39 is 5.41 Å². The molecule has 0 heterocycles. The number of benzene rings is 2. The molecule has 0 aliphatic rings. The van der Waals surface area contributed by atoms with E-state index in [9.17, 15) is 9.59 Å². The molecular weight excluding hydrogens is 336 g/mol. The van der Waals surface area contributed by atoms with E-state index in [1.54, 1.807) is 13.8 Å². The third kappa shape index (κ3) is 4.76. The van der Waals surface area contributed by atoms with Gasteiger partial charge in [-0.15, -0.1) is 0 Å². The molecule has 4 heteroatoms. The number of hydrogen-bond donors (Lipinski definition) is 2. The highest BCUT2D eigenvalue weighted by Gasteiger charge is 2.37. The smallest absolute Gasteiger partial charge is 0.239 e. The quantitative estimate of drug-likeness (QED) is 0.710. The zero-order chi connectivity index (χ0) is 20.2. The number of amides is 2. The van der Waals surface area contributed by atoms with E-state index in [4.69, 9.17) is 0 Å². The number of rotatable bonds is 6. The lowest BCUT2D eigenvalue weighted by Crippen LogP contribution is -2.46. The van der Waals surface area contributed by atoms with E-state index >= 15 is 0 Å². The second-order valence-corrected chi connectivity index (χ2v) is 7.88. The number of carbonyl (C=O) groups is 2. The molecule has 2 aromatic carbocycles. The van der Waals surface area contributed by atoms with Crippen molar-refractivity contribution >= 4 is 17.5 Å². The first-order valence-electron chi connectivity index (χ1n) is 9.41. The van der Waals surface area contributed by atoms with E-state index in [1.165, 1.54) is 0 Å². The predicted molar refractivity (Wildman–Crippen MR) is 111 cm³/mol. The van der Waals surface area contributed by atoms with Crippen LogP contribution in [0.4, 0.5) is 5.69 Å². The van der Waals surface area contributed by atoms with Crippen molar-refractivity contribution in [1.82, 2.24) is 5.32 Å². The zero-order valence-electron chi connectivity index (χ0n) is 17.1. The fraction of sp³-hybridized carbons (Fsp3) is 0.391. The number of para-hydroxylation sites is 1. The Balaban J connectivity index is 2.16. The van der Waals surface area contributed by atoms with Gasteiger partial charge in [0.2, 0.25) is 11.8 Å². The Bertz CT molecular complexity index is 810. The SMILES string of the molecule is Cc1cccc(C(C)C)c1NC(=O)C(C)(C)C(=O)NC(C)c1ccccc1. The van der Waals surface area contributed by atoms with Crippen LogP contribution >= 0.6 is 0 Å². The van der Waals surface area contributed by atoms with Crippen LogP contribution < -0.4 is 10.6 Å². The van der Waals surface area contributed by atoms with Crippen molar-refractivity contribution in [2.24, 2.45) is 5.41 Å². The Morgan fingerprint density at radius 3 is 2.11 bits per heavy atom. The number of carbonyl (C=O) groups excluding carboxylic acids is 2. The Kier molecular flexibility index (Phi) is 6.42. The molecule has 1 atom stereocenters. The minimum atomic E-state index is -1.19. The molecule has 2 rings (SSSR count). The Morgan fingerprint density at radius 2 is 1.52 bits per heavy atom. The van der Waals surface area contributed by atoms with Crippen molar-refractivity contribution in [3.05, 3.63) is 65.2 Å². The molecule has 2 amide bonds. The molecule has 0 saturated heterocycles. The molecule has 0 aliphatic carbocycles. The van der Waals surface area contributed by atoms with Gasteiger partial charge in [-0.3, -0.25) is 9.59 Å². The second-order valence-electron chi connectivity index (χ2n) is 7.88. The summed E-state index contributed by atoms with van der Waals surface area (Å²) in [6, 6.07) is 15.5. The summed E-state index contributed by atoms with van der Waals surface area (Å²) in [7, 11) is 0. The number of aryl methyl sites for hydroxylation is 1. The average Bonchev–Trinajstić information content (AvgIpc) is 2.63. The number of hydrogen-bond acceptors (Lipinski definition) is 2. The van der Waals surface area contributed by atoms with Crippen LogP contribution in [0.1, 0.15) is 63.3 Å². The highest BCUT2D eigenvalue weighted by atomic mass is 16.2. The molecule has 0 aromatic heterocycles. The molecule has 144 valence electrons. The van der Waals surface area contributed by atoms with Gasteiger partial charge in [-0.2, -0.15) is 0 Å². The molecule has 0 radical (unpaired) electrons. The van der Waals surface area contributed by atoms with Gasteiger partial charge >= 0.3 is 0 Å². The van der Waals surface area contributed by atoms with Gasteiger partial charge in [-0.1, -0.05) is 62.4 Å². The average molecular weight is 367 g/mol. The summed E-state index contributed by atoms with van der Waals surface area (Å²) >= 11 is 0. The molecule has 2 aromatic rings. The molecular formula is C23H30N2O2. The maximum absolute atomic E-state index is 12.9. The van der Waals surface area contributed by atoms with Crippen LogP contribution in [0.15, 0.2) is 48.5 Å². The van der Waals surface area contributed by atoms with E-state index in [2.05, 4.69) is 24.5 Å². The highest BCUT2D eigenvalue weighted by Crippen LogP contribution is 2.29. The van der Waals surface area contributed by atoms with Crippen molar-refractivity contribution in [2.75, 3.05) is 5.32 Å². The monoisotopic (exact) mass is 366 g/mol. The van der Waals surface area contributed by atoms with Gasteiger partial charge in [0.05, 0.1) is 6.04 Å². The zero-order valence-corrected chi connectivity index (χ0v) is 17.1. The lowest BCUT2D eigenvalue weighted by atomic mass is 9.89. The van der Waals surface area contributed by atoms with Gasteiger partial charge in [0.25, 0.3) is 0 Å². The molecule has 0 fully saturated rings. The standard InChI is InChI=1S/C23H30N2O2/c1-15(2)19-14-10-11-16(3)20(19)25-22(27)23(5,6)21(26)24-17(4)18-12-8-7-9-13-18/h7-15,17H,1-6H3,(H,24,26)(H,25,27). The summed E-state index contributed by atoms with van der Waals surface area (Å²) in [6.45, 7) is 11.4. The van der Waals surface area contributed by atoms with E-state index in [0.717, 1.165) is 22.4 Å². The van der Waals surface area contributed by atoms with Gasteiger partial charge in [0, 0.05) is 5.69 Å². The minimum Gasteiger partial charge on any atom is -0.349 e. The first kappa shape index (κ1) is 20.7. The normalized spacial score (nSPS) is 12.6. The number of anilines is 1. The van der Waals surface area contributed by atoms with E-state index in [1.807, 2.05) is 62.4 Å². The van der Waals surface area contributed by atoms with Gasteiger partial charge in [0.1, 0.15) is 5.41 Å². The molecule has 27 heavy (non-hydrogen) atoms. The summed E-state index contributed by atoms with van der Waals surface area (Å²) in [4.78, 5) is 25.8. The molecule has 0 bridgehead atoms. The Morgan fingerprint density at radius 1 is 0.889 bits per heavy atom. The van der Waals surface area contributed by atoms with Gasteiger partial charge in [0.15, 0.2) is 0 Å². The van der Waals surface area contributed by atoms with Crippen molar-refractivity contribution in [2.45, 2.75) is 53.5 Å². The van der Waals surface area contributed by atoms with Crippen LogP contribution in [-0.4, -0.2) is 11.8 Å². The molecule has 0 spiro atoms. The summed E-state index contributed by atoms with van der Waals surface area (Å²) in [6.07, 6.45) is 0. The van der Waals surface area contributed by atoms with E-state index in [-0.39, 0.29) is 23.8 Å². The molecule has 4 nitrogen and oxygen atoms in total. The van der Waals surface area contributed by atoms with Crippen LogP contribution in [0.5, 0.6) is 0 Å². The molecule has 0 aliphatic heterocycles. The summed E-state index contributed by atoms with van der Waals surface area (Å²) in [5.74, 6) is -0.331. The summed E-state index contributed by atoms with van der Waals surface area (Å²) in [5.41, 5.74) is 2.66. The molecule has 1 unspecified atom stereocenters. The van der Waals surface area contributed by atoms with Gasteiger partial charge in [-0.25, -0.2) is 0 Å². The third-order valence-electron chi connectivity index (χ3n) is 4.95. The van der Waals surface area contributed by atoms with Crippen LogP contribution in [0.25, 0.3) is 0 Å². The topological polar surface area (TPSA) is 58.2 Å². The van der Waals surface area contributed by atoms with Crippen LogP contribution in [0, 0.1) is 12.3 Å². The highest BCUT2D eigenvalue weighted by molar-refractivity contribution is 6.10. The Labute approximate surface area is 162 Å². The number of nitrogens with one attached hydrogen (secondary N) is 2. The minimum absolute atomic E-state index is 0.171. The fourth-order valence-corrected chi connectivity index (χ4v) is 2.92. The van der Waals surface area contributed by atoms with Gasteiger partial charge < -0.3 is 10.6 Å².